The van der Waals surface area contributed by atoms with Crippen LogP contribution in [0.5, 0.6) is 0 Å². The Morgan fingerprint density at radius 2 is 2.11 bits per heavy atom. The topological polar surface area (TPSA) is 110 Å². The Balaban J connectivity index is 1.81. The second-order valence-electron chi connectivity index (χ2n) is 6.28. The summed E-state index contributed by atoms with van der Waals surface area (Å²) in [4.78, 5) is 29.0. The van der Waals surface area contributed by atoms with Gasteiger partial charge >= 0.3 is 5.97 Å². The van der Waals surface area contributed by atoms with Crippen LogP contribution in [0.25, 0.3) is 0 Å². The van der Waals surface area contributed by atoms with Gasteiger partial charge < -0.3 is 25.2 Å². The van der Waals surface area contributed by atoms with Crippen LogP contribution in [0.15, 0.2) is 42.7 Å². The maximum absolute atomic E-state index is 12.8. The fraction of sp³-hybridized carbons (Fsp3) is 0.350. The summed E-state index contributed by atoms with van der Waals surface area (Å²) >= 11 is 0. The van der Waals surface area contributed by atoms with Crippen LogP contribution >= 0.6 is 0 Å². The predicted octanol–water partition coefficient (Wildman–Crippen LogP) is 1.42. The number of carbonyl (C=O) groups is 2. The number of aliphatic hydroxyl groups is 1. The molecule has 148 valence electrons. The van der Waals surface area contributed by atoms with E-state index in [0.29, 0.717) is 30.9 Å². The van der Waals surface area contributed by atoms with Crippen molar-refractivity contribution in [3.8, 4) is 0 Å². The summed E-state index contributed by atoms with van der Waals surface area (Å²) in [5, 5.41) is 16.5. The monoisotopic (exact) mass is 385 g/mol. The lowest BCUT2D eigenvalue weighted by Crippen LogP contribution is -2.46. The zero-order valence-electron chi connectivity index (χ0n) is 15.6. The molecule has 3 N–H and O–H groups in total. The quantitative estimate of drug-likeness (QED) is 0.645. The number of hydrogen-bond acceptors (Lipinski definition) is 7. The van der Waals surface area contributed by atoms with Crippen LogP contribution in [0.2, 0.25) is 0 Å². The molecule has 1 aromatic carbocycles. The lowest BCUT2D eigenvalue weighted by molar-refractivity contribution is -0.148. The molecule has 0 saturated carbocycles. The van der Waals surface area contributed by atoms with E-state index in [4.69, 9.17) is 9.47 Å². The number of hydrogen-bond donors (Lipinski definition) is 3. The number of fused-ring (bicyclic) bond motifs is 1. The summed E-state index contributed by atoms with van der Waals surface area (Å²) in [5.74, 6) is -1.20. The molecule has 2 unspecified atom stereocenters. The molecule has 0 bridgehead atoms. The molecule has 8 nitrogen and oxygen atoms in total. The molecule has 2 heterocycles. The third kappa shape index (κ3) is 4.65. The molecule has 28 heavy (non-hydrogen) atoms. The Morgan fingerprint density at radius 1 is 1.32 bits per heavy atom. The van der Waals surface area contributed by atoms with E-state index in [1.54, 1.807) is 37.3 Å². The van der Waals surface area contributed by atoms with Gasteiger partial charge in [-0.1, -0.05) is 0 Å². The molecular weight excluding hydrogens is 362 g/mol. The smallest absolute Gasteiger partial charge is 0.331 e. The largest absolute Gasteiger partial charge is 0.464 e. The lowest BCUT2D eigenvalue weighted by atomic mass is 10.0. The van der Waals surface area contributed by atoms with Crippen molar-refractivity contribution in [2.75, 3.05) is 25.1 Å². The van der Waals surface area contributed by atoms with Gasteiger partial charge in [0.1, 0.15) is 6.10 Å². The van der Waals surface area contributed by atoms with E-state index in [2.05, 4.69) is 15.6 Å². The van der Waals surface area contributed by atoms with Crippen molar-refractivity contribution in [2.45, 2.75) is 25.7 Å². The molecule has 1 aliphatic heterocycles. The van der Waals surface area contributed by atoms with Crippen molar-refractivity contribution >= 4 is 17.6 Å². The number of benzene rings is 1. The Morgan fingerprint density at radius 3 is 2.86 bits per heavy atom. The van der Waals surface area contributed by atoms with Crippen molar-refractivity contribution < 1.29 is 24.2 Å². The molecule has 1 aliphatic rings. The minimum absolute atomic E-state index is 0.135. The number of carbonyl (C=O) groups excluding carboxylic acids is 2. The molecule has 0 aliphatic carbocycles. The number of anilines is 1. The van der Waals surface area contributed by atoms with Crippen molar-refractivity contribution in [1.82, 2.24) is 10.3 Å². The van der Waals surface area contributed by atoms with Crippen LogP contribution in [0.4, 0.5) is 5.69 Å². The highest BCUT2D eigenvalue weighted by molar-refractivity contribution is 5.97. The first-order valence-corrected chi connectivity index (χ1v) is 9.10. The second-order valence-corrected chi connectivity index (χ2v) is 6.28. The predicted molar refractivity (Wildman–Crippen MR) is 102 cm³/mol. The van der Waals surface area contributed by atoms with Gasteiger partial charge in [0.25, 0.3) is 5.91 Å². The van der Waals surface area contributed by atoms with E-state index in [-0.39, 0.29) is 6.61 Å². The zero-order valence-corrected chi connectivity index (χ0v) is 15.6. The standard InChI is InChI=1S/C20H23N3O5/c1-2-28-20(26)17(18(24)13-5-7-21-8-6-13)23-19(25)14-3-4-16-15(11-14)12-27-10-9-22-16/h3-8,11,17-18,22,24H,2,9-10,12H2,1H3,(H,23,25). The molecule has 2 atom stereocenters. The van der Waals surface area contributed by atoms with Gasteiger partial charge in [-0.05, 0) is 42.8 Å². The fourth-order valence-corrected chi connectivity index (χ4v) is 2.94. The Hall–Kier alpha value is -2.97. The van der Waals surface area contributed by atoms with E-state index in [1.165, 1.54) is 12.4 Å². The third-order valence-corrected chi connectivity index (χ3v) is 4.38. The van der Waals surface area contributed by atoms with Gasteiger partial charge in [-0.15, -0.1) is 0 Å². The van der Waals surface area contributed by atoms with E-state index in [9.17, 15) is 14.7 Å². The lowest BCUT2D eigenvalue weighted by Gasteiger charge is -2.23. The van der Waals surface area contributed by atoms with Gasteiger partial charge in [-0.3, -0.25) is 9.78 Å². The normalized spacial score (nSPS) is 15.4. The molecule has 3 rings (SSSR count). The number of esters is 1. The first kappa shape index (κ1) is 19.8. The highest BCUT2D eigenvalue weighted by atomic mass is 16.5. The second kappa shape index (κ2) is 9.29. The summed E-state index contributed by atoms with van der Waals surface area (Å²) in [7, 11) is 0. The van der Waals surface area contributed by atoms with Crippen LogP contribution in [0, 0.1) is 0 Å². The summed E-state index contributed by atoms with van der Waals surface area (Å²) in [5.41, 5.74) is 2.58. The van der Waals surface area contributed by atoms with E-state index in [1.807, 2.05) is 0 Å². The summed E-state index contributed by atoms with van der Waals surface area (Å²) in [6.07, 6.45) is 1.74. The highest BCUT2D eigenvalue weighted by Gasteiger charge is 2.31. The first-order chi connectivity index (χ1) is 13.6. The number of aliphatic hydroxyl groups excluding tert-OH is 1. The fourth-order valence-electron chi connectivity index (χ4n) is 2.94. The van der Waals surface area contributed by atoms with Crippen LogP contribution < -0.4 is 10.6 Å². The molecule has 0 radical (unpaired) electrons. The molecule has 1 amide bonds. The molecule has 0 spiro atoms. The molecule has 0 saturated heterocycles. The maximum atomic E-state index is 12.8. The number of pyridine rings is 1. The van der Waals surface area contributed by atoms with Crippen LogP contribution in [-0.2, 0) is 20.9 Å². The zero-order chi connectivity index (χ0) is 19.9. The Bertz CT molecular complexity index is 828. The van der Waals surface area contributed by atoms with Crippen LogP contribution in [0.3, 0.4) is 0 Å². The van der Waals surface area contributed by atoms with Gasteiger partial charge in [0, 0.05) is 35.8 Å². The highest BCUT2D eigenvalue weighted by Crippen LogP contribution is 2.22. The molecular formula is C20H23N3O5. The number of amides is 1. The number of aromatic nitrogens is 1. The number of ether oxygens (including phenoxy) is 2. The molecule has 1 aromatic heterocycles. The summed E-state index contributed by atoms with van der Waals surface area (Å²) in [6.45, 7) is 3.47. The summed E-state index contributed by atoms with van der Waals surface area (Å²) < 4.78 is 10.5. The molecule has 0 fully saturated rings. The van der Waals surface area contributed by atoms with Crippen LogP contribution in [0.1, 0.15) is 34.5 Å². The van der Waals surface area contributed by atoms with E-state index >= 15 is 0 Å². The van der Waals surface area contributed by atoms with Crippen molar-refractivity contribution in [2.24, 2.45) is 0 Å². The van der Waals surface area contributed by atoms with Gasteiger partial charge in [-0.25, -0.2) is 4.79 Å². The average molecular weight is 385 g/mol. The Labute approximate surface area is 162 Å². The molecule has 2 aromatic rings. The van der Waals surface area contributed by atoms with Gasteiger partial charge in [0.05, 0.1) is 19.8 Å². The average Bonchev–Trinajstić information content (AvgIpc) is 2.97. The third-order valence-electron chi connectivity index (χ3n) is 4.38. The SMILES string of the molecule is CCOC(=O)C(NC(=O)c1ccc2c(c1)COCCN2)C(O)c1ccncc1. The van der Waals surface area contributed by atoms with Crippen molar-refractivity contribution in [3.63, 3.8) is 0 Å². The van der Waals surface area contributed by atoms with Gasteiger partial charge in [0.2, 0.25) is 0 Å². The van der Waals surface area contributed by atoms with Crippen molar-refractivity contribution in [1.29, 1.82) is 0 Å². The van der Waals surface area contributed by atoms with E-state index < -0.39 is 24.0 Å². The van der Waals surface area contributed by atoms with E-state index in [0.717, 1.165) is 11.3 Å². The maximum Gasteiger partial charge on any atom is 0.331 e. The summed E-state index contributed by atoms with van der Waals surface area (Å²) in [6, 6.07) is 7.08. The number of rotatable bonds is 6. The number of nitrogens with zero attached hydrogens (tertiary/aromatic N) is 1. The van der Waals surface area contributed by atoms with Gasteiger partial charge in [0.15, 0.2) is 6.04 Å². The number of nitrogens with one attached hydrogen (secondary N) is 2. The van der Waals surface area contributed by atoms with Crippen molar-refractivity contribution in [3.05, 3.63) is 59.4 Å². The first-order valence-electron chi connectivity index (χ1n) is 9.10. The van der Waals surface area contributed by atoms with Crippen LogP contribution in [-0.4, -0.2) is 47.8 Å². The van der Waals surface area contributed by atoms with Gasteiger partial charge in [-0.2, -0.15) is 0 Å². The Kier molecular flexibility index (Phi) is 6.57. The minimum Gasteiger partial charge on any atom is -0.464 e. The minimum atomic E-state index is -1.27. The molecule has 8 heteroatoms.